The molecular weight excluding hydrogens is 408 g/mol. The molecule has 8 nitrogen and oxygen atoms in total. The molecule has 0 saturated heterocycles. The van der Waals surface area contributed by atoms with Crippen molar-refractivity contribution in [2.75, 3.05) is 11.1 Å². The summed E-state index contributed by atoms with van der Waals surface area (Å²) in [4.78, 5) is 28.6. The quantitative estimate of drug-likeness (QED) is 0.532. The number of hydrogen-bond donors (Lipinski definition) is 2. The summed E-state index contributed by atoms with van der Waals surface area (Å²) in [7, 11) is 0. The first-order valence-corrected chi connectivity index (χ1v) is 11.0. The van der Waals surface area contributed by atoms with Crippen LogP contribution in [0, 0.1) is 6.92 Å². The number of amides is 2. The highest BCUT2D eigenvalue weighted by atomic mass is 32.2. The summed E-state index contributed by atoms with van der Waals surface area (Å²) in [6, 6.07) is 7.10. The molecule has 0 spiro atoms. The smallest absolute Gasteiger partial charge is 0.251 e. The molecule has 2 aromatic heterocycles. The molecule has 3 rings (SSSR count). The number of aromatic nitrogens is 4. The van der Waals surface area contributed by atoms with Crippen LogP contribution in [-0.4, -0.2) is 37.3 Å². The van der Waals surface area contributed by atoms with Gasteiger partial charge in [0.25, 0.3) is 5.91 Å². The SMILES string of the molecule is CCn1c(SCC(=O)Nc2nccs2)nnc1[C@@H](C)NC(=O)c1cccc(C)c1. The van der Waals surface area contributed by atoms with Crippen molar-refractivity contribution in [3.8, 4) is 0 Å². The maximum Gasteiger partial charge on any atom is 0.251 e. The van der Waals surface area contributed by atoms with E-state index >= 15 is 0 Å². The van der Waals surface area contributed by atoms with E-state index in [0.717, 1.165) is 5.56 Å². The van der Waals surface area contributed by atoms with Gasteiger partial charge in [-0.15, -0.1) is 21.5 Å². The number of thioether (sulfide) groups is 1. The molecule has 0 saturated carbocycles. The zero-order valence-corrected chi connectivity index (χ0v) is 18.0. The van der Waals surface area contributed by atoms with Crippen LogP contribution in [0.15, 0.2) is 41.0 Å². The molecule has 0 aliphatic heterocycles. The number of nitrogens with zero attached hydrogens (tertiary/aromatic N) is 4. The van der Waals surface area contributed by atoms with Gasteiger partial charge in [-0.2, -0.15) is 0 Å². The van der Waals surface area contributed by atoms with Crippen molar-refractivity contribution in [1.29, 1.82) is 0 Å². The van der Waals surface area contributed by atoms with Crippen molar-refractivity contribution in [3.05, 3.63) is 52.8 Å². The van der Waals surface area contributed by atoms with Crippen molar-refractivity contribution >= 4 is 40.0 Å². The molecule has 2 heterocycles. The monoisotopic (exact) mass is 430 g/mol. The summed E-state index contributed by atoms with van der Waals surface area (Å²) in [5.41, 5.74) is 1.63. The number of carbonyl (C=O) groups excluding carboxylic acids is 2. The number of carbonyl (C=O) groups is 2. The fourth-order valence-corrected chi connectivity index (χ4v) is 4.08. The Morgan fingerprint density at radius 1 is 1.31 bits per heavy atom. The van der Waals surface area contributed by atoms with Gasteiger partial charge in [0.05, 0.1) is 11.8 Å². The highest BCUT2D eigenvalue weighted by Gasteiger charge is 2.20. The second-order valence-electron chi connectivity index (χ2n) is 6.32. The Balaban J connectivity index is 1.63. The molecule has 2 amide bonds. The molecule has 0 unspecified atom stereocenters. The van der Waals surface area contributed by atoms with Gasteiger partial charge in [0.1, 0.15) is 0 Å². The third-order valence-electron chi connectivity index (χ3n) is 4.09. The number of rotatable bonds is 8. The molecule has 0 fully saturated rings. The lowest BCUT2D eigenvalue weighted by atomic mass is 10.1. The Hall–Kier alpha value is -2.72. The summed E-state index contributed by atoms with van der Waals surface area (Å²) in [5, 5.41) is 17.2. The molecule has 1 atom stereocenters. The van der Waals surface area contributed by atoms with E-state index in [1.54, 1.807) is 17.6 Å². The van der Waals surface area contributed by atoms with Crippen molar-refractivity contribution in [2.45, 2.75) is 38.5 Å². The normalized spacial score (nSPS) is 11.8. The van der Waals surface area contributed by atoms with E-state index in [1.807, 2.05) is 43.5 Å². The molecule has 10 heteroatoms. The minimum Gasteiger partial charge on any atom is -0.342 e. The predicted molar refractivity (Wildman–Crippen MR) is 114 cm³/mol. The molecule has 152 valence electrons. The van der Waals surface area contributed by atoms with Crippen LogP contribution in [-0.2, 0) is 11.3 Å². The lowest BCUT2D eigenvalue weighted by molar-refractivity contribution is -0.113. The highest BCUT2D eigenvalue weighted by Crippen LogP contribution is 2.21. The van der Waals surface area contributed by atoms with Gasteiger partial charge in [-0.05, 0) is 32.9 Å². The van der Waals surface area contributed by atoms with Gasteiger partial charge >= 0.3 is 0 Å². The first-order chi connectivity index (χ1) is 14.0. The van der Waals surface area contributed by atoms with Crippen molar-refractivity contribution in [3.63, 3.8) is 0 Å². The van der Waals surface area contributed by atoms with Gasteiger partial charge in [-0.25, -0.2) is 4.98 Å². The zero-order valence-electron chi connectivity index (χ0n) is 16.4. The summed E-state index contributed by atoms with van der Waals surface area (Å²) >= 11 is 2.67. The Labute approximate surface area is 177 Å². The fourth-order valence-electron chi connectivity index (χ4n) is 2.73. The summed E-state index contributed by atoms with van der Waals surface area (Å²) in [5.74, 6) is 0.528. The minimum absolute atomic E-state index is 0.155. The van der Waals surface area contributed by atoms with Crippen LogP contribution in [0.5, 0.6) is 0 Å². The van der Waals surface area contributed by atoms with E-state index in [0.29, 0.717) is 28.2 Å². The first-order valence-electron chi connectivity index (χ1n) is 9.10. The largest absolute Gasteiger partial charge is 0.342 e. The van der Waals surface area contributed by atoms with Crippen LogP contribution in [0.3, 0.4) is 0 Å². The molecular formula is C19H22N6O2S2. The van der Waals surface area contributed by atoms with Crippen LogP contribution in [0.4, 0.5) is 5.13 Å². The van der Waals surface area contributed by atoms with E-state index in [1.165, 1.54) is 23.1 Å². The van der Waals surface area contributed by atoms with Crippen LogP contribution in [0.1, 0.15) is 41.6 Å². The van der Waals surface area contributed by atoms with Gasteiger partial charge in [0, 0.05) is 23.7 Å². The molecule has 0 bridgehead atoms. The number of hydrogen-bond acceptors (Lipinski definition) is 7. The minimum atomic E-state index is -0.325. The van der Waals surface area contributed by atoms with Gasteiger partial charge in [-0.1, -0.05) is 29.5 Å². The molecule has 1 aromatic carbocycles. The Kier molecular flexibility index (Phi) is 6.99. The van der Waals surface area contributed by atoms with E-state index in [2.05, 4.69) is 25.8 Å². The molecule has 0 aliphatic rings. The second-order valence-corrected chi connectivity index (χ2v) is 8.16. The predicted octanol–water partition coefficient (Wildman–Crippen LogP) is 3.28. The van der Waals surface area contributed by atoms with Gasteiger partial charge in [0.2, 0.25) is 5.91 Å². The average Bonchev–Trinajstić information content (AvgIpc) is 3.35. The zero-order chi connectivity index (χ0) is 20.8. The maximum atomic E-state index is 12.5. The summed E-state index contributed by atoms with van der Waals surface area (Å²) < 4.78 is 1.91. The number of benzene rings is 1. The van der Waals surface area contributed by atoms with Crippen LogP contribution in [0.25, 0.3) is 0 Å². The molecule has 2 N–H and O–H groups in total. The Morgan fingerprint density at radius 3 is 2.83 bits per heavy atom. The lowest BCUT2D eigenvalue weighted by Gasteiger charge is -2.15. The van der Waals surface area contributed by atoms with Crippen molar-refractivity contribution < 1.29 is 9.59 Å². The third-order valence-corrected chi connectivity index (χ3v) is 5.74. The van der Waals surface area contributed by atoms with Crippen molar-refractivity contribution in [2.24, 2.45) is 0 Å². The van der Waals surface area contributed by atoms with E-state index in [4.69, 9.17) is 0 Å². The van der Waals surface area contributed by atoms with Gasteiger partial charge < -0.3 is 15.2 Å². The molecule has 3 aromatic rings. The fraction of sp³-hybridized carbons (Fsp3) is 0.316. The number of anilines is 1. The second kappa shape index (κ2) is 9.66. The van der Waals surface area contributed by atoms with Crippen LogP contribution >= 0.6 is 23.1 Å². The first kappa shape index (κ1) is 21.0. The van der Waals surface area contributed by atoms with E-state index < -0.39 is 0 Å². The maximum absolute atomic E-state index is 12.5. The van der Waals surface area contributed by atoms with Crippen LogP contribution in [0.2, 0.25) is 0 Å². The van der Waals surface area contributed by atoms with Crippen LogP contribution < -0.4 is 10.6 Å². The Morgan fingerprint density at radius 2 is 2.14 bits per heavy atom. The Bertz CT molecular complexity index is 987. The van der Waals surface area contributed by atoms with Gasteiger partial charge in [-0.3, -0.25) is 9.59 Å². The number of thiazole rings is 1. The third kappa shape index (κ3) is 5.42. The average molecular weight is 431 g/mol. The highest BCUT2D eigenvalue weighted by molar-refractivity contribution is 7.99. The lowest BCUT2D eigenvalue weighted by Crippen LogP contribution is -2.28. The van der Waals surface area contributed by atoms with Crippen molar-refractivity contribution in [1.82, 2.24) is 25.1 Å². The molecule has 0 radical (unpaired) electrons. The van der Waals surface area contributed by atoms with E-state index in [-0.39, 0.29) is 23.6 Å². The summed E-state index contributed by atoms with van der Waals surface area (Å²) in [6.45, 7) is 6.42. The number of nitrogens with one attached hydrogen (secondary N) is 2. The number of aryl methyl sites for hydroxylation is 1. The van der Waals surface area contributed by atoms with Gasteiger partial charge in [0.15, 0.2) is 16.1 Å². The molecule has 29 heavy (non-hydrogen) atoms. The molecule has 0 aliphatic carbocycles. The standard InChI is InChI=1S/C19H22N6O2S2/c1-4-25-16(13(3)21-17(27)14-7-5-6-12(2)10-14)23-24-19(25)29-11-15(26)22-18-20-8-9-28-18/h5-10,13H,4,11H2,1-3H3,(H,21,27)(H,20,22,26)/t13-/m1/s1. The summed E-state index contributed by atoms with van der Waals surface area (Å²) in [6.07, 6.45) is 1.64. The van der Waals surface area contributed by atoms with E-state index in [9.17, 15) is 9.59 Å². The topological polar surface area (TPSA) is 102 Å².